The minimum atomic E-state index is -0.887. The summed E-state index contributed by atoms with van der Waals surface area (Å²) in [4.78, 5) is 37.9. The minimum Gasteiger partial charge on any atom is -0.466 e. The molecule has 1 atom stereocenters. The Morgan fingerprint density at radius 3 is 2.19 bits per heavy atom. The summed E-state index contributed by atoms with van der Waals surface area (Å²) < 4.78 is 10.6. The number of methoxy groups -OCH3 is 1. The van der Waals surface area contributed by atoms with Gasteiger partial charge >= 0.3 is 5.97 Å². The maximum atomic E-state index is 13.5. The number of carbonyl (C=O) groups is 3. The zero-order chi connectivity index (χ0) is 29.0. The van der Waals surface area contributed by atoms with Crippen LogP contribution in [0.25, 0.3) is 6.08 Å². The van der Waals surface area contributed by atoms with Gasteiger partial charge in [-0.1, -0.05) is 54.6 Å². The average molecular weight is 586 g/mol. The van der Waals surface area contributed by atoms with Crippen molar-refractivity contribution in [1.82, 2.24) is 5.32 Å². The second-order valence-electron chi connectivity index (χ2n) is 9.16. The van der Waals surface area contributed by atoms with Gasteiger partial charge in [-0.2, -0.15) is 0 Å². The van der Waals surface area contributed by atoms with E-state index in [-0.39, 0.29) is 30.6 Å². The molecule has 0 aliphatic carbocycles. The van der Waals surface area contributed by atoms with Crippen molar-refractivity contribution in [3.63, 3.8) is 0 Å². The highest BCUT2D eigenvalue weighted by Crippen LogP contribution is 2.23. The van der Waals surface area contributed by atoms with Gasteiger partial charge in [0.1, 0.15) is 17.5 Å². The number of amides is 2. The fourth-order valence-electron chi connectivity index (χ4n) is 3.98. The number of benzene rings is 4. The molecule has 0 saturated carbocycles. The predicted molar refractivity (Wildman–Crippen MR) is 166 cm³/mol. The number of halogens is 1. The molecule has 0 aliphatic heterocycles. The molecular weight excluding hydrogens is 554 g/mol. The summed E-state index contributed by atoms with van der Waals surface area (Å²) in [5.41, 5.74) is 9.10. The van der Waals surface area contributed by atoms with Crippen LogP contribution in [0.5, 0.6) is 11.5 Å². The Balaban J connectivity index is 0.00000484. The molecule has 0 bridgehead atoms. The van der Waals surface area contributed by atoms with Crippen LogP contribution in [0.3, 0.4) is 0 Å². The van der Waals surface area contributed by atoms with Gasteiger partial charge in [0.25, 0.3) is 5.91 Å². The normalized spacial score (nSPS) is 11.2. The highest BCUT2D eigenvalue weighted by molar-refractivity contribution is 6.01. The Morgan fingerprint density at radius 1 is 0.833 bits per heavy atom. The van der Waals surface area contributed by atoms with Gasteiger partial charge in [0.05, 0.1) is 7.11 Å². The molecule has 0 saturated heterocycles. The van der Waals surface area contributed by atoms with Gasteiger partial charge in [0, 0.05) is 30.3 Å². The molecule has 4 rings (SSSR count). The first-order valence-electron chi connectivity index (χ1n) is 13.0. The summed E-state index contributed by atoms with van der Waals surface area (Å²) in [5, 5.41) is 5.75. The lowest BCUT2D eigenvalue weighted by molar-refractivity contribution is -0.134. The summed E-state index contributed by atoms with van der Waals surface area (Å²) in [7, 11) is 1.31. The topological polar surface area (TPSA) is 120 Å². The number of nitrogens with one attached hydrogen (secondary N) is 2. The van der Waals surface area contributed by atoms with E-state index in [2.05, 4.69) is 15.4 Å². The number of nitrogens with two attached hydrogens (primary N) is 1. The van der Waals surface area contributed by atoms with Gasteiger partial charge < -0.3 is 25.8 Å². The molecule has 216 valence electrons. The van der Waals surface area contributed by atoms with Crippen LogP contribution in [0.4, 0.5) is 5.69 Å². The van der Waals surface area contributed by atoms with E-state index < -0.39 is 12.0 Å². The van der Waals surface area contributed by atoms with E-state index in [0.29, 0.717) is 29.3 Å². The maximum absolute atomic E-state index is 13.5. The SMILES string of the molecule is COC(=O)C=Cc1ccc(NC(=O)C(Cc2cccc(Oc3ccccc3)c2)NC(=O)c2ccc(CN)cc2)cc1.Cl. The van der Waals surface area contributed by atoms with Crippen molar-refractivity contribution in [2.75, 3.05) is 12.4 Å². The fourth-order valence-corrected chi connectivity index (χ4v) is 3.98. The number of esters is 1. The molecule has 4 aromatic carbocycles. The van der Waals surface area contributed by atoms with E-state index in [1.165, 1.54) is 13.2 Å². The van der Waals surface area contributed by atoms with E-state index in [1.807, 2.05) is 54.6 Å². The van der Waals surface area contributed by atoms with Gasteiger partial charge in [0.2, 0.25) is 5.91 Å². The molecule has 4 aromatic rings. The Morgan fingerprint density at radius 2 is 1.52 bits per heavy atom. The number of anilines is 1. The van der Waals surface area contributed by atoms with Crippen molar-refractivity contribution in [1.29, 1.82) is 0 Å². The van der Waals surface area contributed by atoms with Gasteiger partial charge in [-0.25, -0.2) is 4.79 Å². The van der Waals surface area contributed by atoms with Crippen LogP contribution < -0.4 is 21.1 Å². The predicted octanol–water partition coefficient (Wildman–Crippen LogP) is 5.53. The fraction of sp³-hybridized carbons (Fsp3) is 0.121. The molecule has 0 fully saturated rings. The summed E-state index contributed by atoms with van der Waals surface area (Å²) in [6, 6.07) is 29.8. The molecule has 0 heterocycles. The van der Waals surface area contributed by atoms with Crippen molar-refractivity contribution < 1.29 is 23.9 Å². The number of hydrogen-bond donors (Lipinski definition) is 3. The molecule has 0 aliphatic rings. The lowest BCUT2D eigenvalue weighted by Crippen LogP contribution is -2.45. The molecule has 9 heteroatoms. The number of carbonyl (C=O) groups excluding carboxylic acids is 3. The highest BCUT2D eigenvalue weighted by Gasteiger charge is 2.23. The van der Waals surface area contributed by atoms with Crippen LogP contribution in [-0.4, -0.2) is 30.9 Å². The third-order valence-electron chi connectivity index (χ3n) is 6.18. The van der Waals surface area contributed by atoms with E-state index in [4.69, 9.17) is 10.5 Å². The number of rotatable bonds is 11. The first-order valence-corrected chi connectivity index (χ1v) is 13.0. The number of hydrogen-bond acceptors (Lipinski definition) is 6. The van der Waals surface area contributed by atoms with Gasteiger partial charge in [0.15, 0.2) is 0 Å². The summed E-state index contributed by atoms with van der Waals surface area (Å²) in [5.74, 6) is 0.0833. The first-order chi connectivity index (χ1) is 19.9. The lowest BCUT2D eigenvalue weighted by Gasteiger charge is -2.19. The van der Waals surface area contributed by atoms with E-state index >= 15 is 0 Å². The largest absolute Gasteiger partial charge is 0.466 e. The second kappa shape index (κ2) is 15.8. The second-order valence-corrected chi connectivity index (χ2v) is 9.16. The monoisotopic (exact) mass is 585 g/mol. The van der Waals surface area contributed by atoms with Gasteiger partial charge in [-0.05, 0) is 71.3 Å². The highest BCUT2D eigenvalue weighted by atomic mass is 35.5. The molecular formula is C33H32ClN3O5. The van der Waals surface area contributed by atoms with Crippen molar-refractivity contribution in [2.45, 2.75) is 19.0 Å². The van der Waals surface area contributed by atoms with E-state index in [0.717, 1.165) is 16.7 Å². The van der Waals surface area contributed by atoms with Crippen LogP contribution in [0.1, 0.15) is 27.0 Å². The third kappa shape index (κ3) is 9.33. The Kier molecular flexibility index (Phi) is 11.9. The quantitative estimate of drug-likeness (QED) is 0.157. The van der Waals surface area contributed by atoms with Crippen LogP contribution in [0.15, 0.2) is 109 Å². The minimum absolute atomic E-state index is 0. The molecule has 0 spiro atoms. The average Bonchev–Trinajstić information content (AvgIpc) is 3.01. The summed E-state index contributed by atoms with van der Waals surface area (Å²) in [6.07, 6.45) is 3.15. The van der Waals surface area contributed by atoms with Crippen LogP contribution >= 0.6 is 12.4 Å². The molecule has 2 amide bonds. The standard InChI is InChI=1S/C33H31N3O5.ClH/c1-40-31(37)19-14-23-12-17-27(18-13-23)35-33(39)30(36-32(38)26-15-10-24(22-34)11-16-26)21-25-6-5-9-29(20-25)41-28-7-3-2-4-8-28;/h2-20,30H,21-22,34H2,1H3,(H,35,39)(H,36,38);1H. The van der Waals surface area contributed by atoms with E-state index in [1.54, 1.807) is 54.6 Å². The van der Waals surface area contributed by atoms with Crippen LogP contribution in [0, 0.1) is 0 Å². The number of para-hydroxylation sites is 1. The van der Waals surface area contributed by atoms with Gasteiger partial charge in [-0.15, -0.1) is 12.4 Å². The van der Waals surface area contributed by atoms with Crippen LogP contribution in [-0.2, 0) is 27.3 Å². The van der Waals surface area contributed by atoms with Gasteiger partial charge in [-0.3, -0.25) is 9.59 Å². The molecule has 0 aromatic heterocycles. The lowest BCUT2D eigenvalue weighted by atomic mass is 10.0. The molecule has 8 nitrogen and oxygen atoms in total. The molecule has 1 unspecified atom stereocenters. The first kappa shape index (κ1) is 31.6. The van der Waals surface area contributed by atoms with Crippen molar-refractivity contribution in [3.8, 4) is 11.5 Å². The van der Waals surface area contributed by atoms with E-state index in [9.17, 15) is 14.4 Å². The maximum Gasteiger partial charge on any atom is 0.330 e. The van der Waals surface area contributed by atoms with Crippen LogP contribution in [0.2, 0.25) is 0 Å². The Bertz CT molecular complexity index is 1510. The summed E-state index contributed by atoms with van der Waals surface area (Å²) in [6.45, 7) is 0.367. The Labute approximate surface area is 251 Å². The molecule has 42 heavy (non-hydrogen) atoms. The Hall–Kier alpha value is -4.92. The van der Waals surface area contributed by atoms with Crippen molar-refractivity contribution in [2.24, 2.45) is 5.73 Å². The van der Waals surface area contributed by atoms with Crippen molar-refractivity contribution >= 4 is 42.0 Å². The zero-order valence-electron chi connectivity index (χ0n) is 23.0. The molecule has 0 radical (unpaired) electrons. The smallest absolute Gasteiger partial charge is 0.330 e. The zero-order valence-corrected chi connectivity index (χ0v) is 23.8. The third-order valence-corrected chi connectivity index (χ3v) is 6.18. The van der Waals surface area contributed by atoms with Crippen molar-refractivity contribution in [3.05, 3.63) is 131 Å². The summed E-state index contributed by atoms with van der Waals surface area (Å²) >= 11 is 0. The number of ether oxygens (including phenoxy) is 2. The molecule has 4 N–H and O–H groups in total.